The minimum Gasteiger partial charge on any atom is -0.478 e. The van der Waals surface area contributed by atoms with Gasteiger partial charge in [0.2, 0.25) is 0 Å². The monoisotopic (exact) mass is 1670 g/mol. The molecule has 4 amide bonds. The van der Waals surface area contributed by atoms with E-state index in [0.29, 0.717) is 99.9 Å². The molecule has 0 aliphatic carbocycles. The SMILES string of the molecule is CC(C)(C)OC(=O)N1CCN(c2ccc3cc(C(=O)O)cnc3c2)CC1.CC(C)(C)OC(=O)Nc1cc(F)ccc1CC(=O)c1cnc2cc(N3CCN(C(=O)OC(C)(C)C)CC3)ccc2c1.CCOC(=O)c1cnc2cc(N3CCN(C(=O)OC(C)(C)C)CC3)ccc2c1.Nc1cc(F)ccc1CC(=O)c1cnc2cc(N3CCNCC3)ccc2c1. The number of benzene rings is 6. The van der Waals surface area contributed by atoms with Crippen molar-refractivity contribution in [1.29, 1.82) is 0 Å². The Morgan fingerprint density at radius 3 is 1.10 bits per heavy atom. The van der Waals surface area contributed by atoms with Crippen LogP contribution in [0.15, 0.2) is 158 Å². The van der Waals surface area contributed by atoms with Crippen molar-refractivity contribution in [2.75, 3.05) is 142 Å². The normalized spacial score (nSPS) is 14.6. The first-order chi connectivity index (χ1) is 57.8. The maximum atomic E-state index is 13.9. The zero-order valence-corrected chi connectivity index (χ0v) is 71.5. The average molecular weight is 1670 g/mol. The van der Waals surface area contributed by atoms with Gasteiger partial charge in [-0.2, -0.15) is 0 Å². The van der Waals surface area contributed by atoms with Gasteiger partial charge >= 0.3 is 36.3 Å². The number of rotatable bonds is 14. The molecule has 122 heavy (non-hydrogen) atoms. The number of nitrogens with zero attached hydrogens (tertiary/aromatic N) is 11. The molecule has 5 N–H and O–H groups in total. The summed E-state index contributed by atoms with van der Waals surface area (Å²) in [6.07, 6.45) is 4.54. The van der Waals surface area contributed by atoms with Crippen LogP contribution in [0.4, 0.5) is 62.1 Å². The van der Waals surface area contributed by atoms with Crippen molar-refractivity contribution in [3.05, 3.63) is 203 Å². The first kappa shape index (κ1) is 89.9. The zero-order valence-electron chi connectivity index (χ0n) is 71.5. The summed E-state index contributed by atoms with van der Waals surface area (Å²) in [4.78, 5) is 129. The number of halogens is 2. The molecule has 0 radical (unpaired) electrons. The van der Waals surface area contributed by atoms with Gasteiger partial charge < -0.3 is 74.1 Å². The Morgan fingerprint density at radius 1 is 0.410 bits per heavy atom. The van der Waals surface area contributed by atoms with Crippen LogP contribution in [0.1, 0.15) is 143 Å². The lowest BCUT2D eigenvalue weighted by Gasteiger charge is -2.36. The molecule has 4 aliphatic heterocycles. The molecule has 14 rings (SSSR count). The number of carboxylic acid groups (broad SMARTS) is 1. The van der Waals surface area contributed by atoms with E-state index in [1.54, 1.807) is 79.1 Å². The quantitative estimate of drug-likeness (QED) is 0.0340. The summed E-state index contributed by atoms with van der Waals surface area (Å²) in [6, 6.07) is 38.8. The van der Waals surface area contributed by atoms with Crippen LogP contribution in [0.2, 0.25) is 0 Å². The van der Waals surface area contributed by atoms with E-state index in [4.69, 9.17) is 34.5 Å². The van der Waals surface area contributed by atoms with E-state index in [-0.39, 0.29) is 65.6 Å². The minimum absolute atomic E-state index is 0.0569. The fraction of sp³-hybridized carbons (Fsp3) is 0.391. The second-order valence-corrected chi connectivity index (χ2v) is 34.0. The molecule has 4 fully saturated rings. The number of nitrogen functional groups attached to an aromatic ring is 1. The molecule has 28 nitrogen and oxygen atoms in total. The van der Waals surface area contributed by atoms with Gasteiger partial charge in [0.1, 0.15) is 34.0 Å². The number of nitrogens with two attached hydrogens (primary N) is 1. The summed E-state index contributed by atoms with van der Waals surface area (Å²) in [5.41, 5.74) is 14.1. The van der Waals surface area contributed by atoms with Gasteiger partial charge in [-0.05, 0) is 198 Å². The van der Waals surface area contributed by atoms with Crippen molar-refractivity contribution >= 4 is 126 Å². The van der Waals surface area contributed by atoms with Crippen LogP contribution in [-0.4, -0.2) is 221 Å². The second kappa shape index (κ2) is 39.1. The number of esters is 1. The van der Waals surface area contributed by atoms with Crippen LogP contribution in [0.3, 0.4) is 0 Å². The van der Waals surface area contributed by atoms with Crippen LogP contribution < -0.4 is 36.0 Å². The third-order valence-corrected chi connectivity index (χ3v) is 20.0. The highest BCUT2D eigenvalue weighted by molar-refractivity contribution is 6.03. The predicted molar refractivity (Wildman–Crippen MR) is 468 cm³/mol. The smallest absolute Gasteiger partial charge is 0.412 e. The molecule has 0 atom stereocenters. The fourth-order valence-electron chi connectivity index (χ4n) is 13.8. The van der Waals surface area contributed by atoms with Gasteiger partial charge in [0.05, 0.1) is 45.5 Å². The van der Waals surface area contributed by atoms with Crippen LogP contribution in [0, 0.1) is 11.6 Å². The summed E-state index contributed by atoms with van der Waals surface area (Å²) < 4.78 is 53.7. The topological polar surface area (TPSA) is 327 Å². The Labute approximate surface area is 708 Å². The van der Waals surface area contributed by atoms with E-state index in [1.807, 2.05) is 129 Å². The van der Waals surface area contributed by atoms with E-state index >= 15 is 0 Å². The molecule has 644 valence electrons. The molecule has 0 unspecified atom stereocenters. The Hall–Kier alpha value is -12.9. The first-order valence-corrected chi connectivity index (χ1v) is 40.8. The van der Waals surface area contributed by atoms with Gasteiger partial charge in [0.25, 0.3) is 0 Å². The van der Waals surface area contributed by atoms with Crippen molar-refractivity contribution in [2.24, 2.45) is 0 Å². The molecule has 4 aromatic heterocycles. The number of Topliss-reactive ketones (excluding diaryl/α,β-unsaturated/α-hetero) is 2. The van der Waals surface area contributed by atoms with E-state index in [0.717, 1.165) is 106 Å². The van der Waals surface area contributed by atoms with Crippen molar-refractivity contribution in [3.8, 4) is 0 Å². The Kier molecular flexibility index (Phi) is 28.8. The number of carbonyl (C=O) groups is 8. The van der Waals surface area contributed by atoms with Gasteiger partial charge in [-0.1, -0.05) is 36.4 Å². The molecule has 0 saturated carbocycles. The lowest BCUT2D eigenvalue weighted by atomic mass is 10.0. The van der Waals surface area contributed by atoms with Gasteiger partial charge in [-0.25, -0.2) is 37.5 Å². The summed E-state index contributed by atoms with van der Waals surface area (Å²) >= 11 is 0. The third kappa shape index (κ3) is 25.4. The molecule has 4 saturated heterocycles. The fourth-order valence-corrected chi connectivity index (χ4v) is 13.8. The number of hydrogen-bond acceptors (Lipinski definition) is 23. The van der Waals surface area contributed by atoms with Gasteiger partial charge in [-0.3, -0.25) is 34.8 Å². The lowest BCUT2D eigenvalue weighted by molar-refractivity contribution is 0.0230. The van der Waals surface area contributed by atoms with Gasteiger partial charge in [0.15, 0.2) is 11.6 Å². The van der Waals surface area contributed by atoms with E-state index < -0.39 is 46.1 Å². The Bertz CT molecular complexity index is 5480. The highest BCUT2D eigenvalue weighted by Gasteiger charge is 2.31. The molecule has 4 aliphatic rings. The number of carboxylic acids is 1. The Morgan fingerprint density at radius 2 is 0.738 bits per heavy atom. The number of hydrogen-bond donors (Lipinski definition) is 4. The van der Waals surface area contributed by atoms with E-state index in [2.05, 4.69) is 62.3 Å². The minimum atomic E-state index is -0.984. The predicted octanol–water partition coefficient (Wildman–Crippen LogP) is 15.5. The highest BCUT2D eigenvalue weighted by atomic mass is 19.1. The average Bonchev–Trinajstić information content (AvgIpc) is 1.01. The maximum Gasteiger partial charge on any atom is 0.412 e. The molecular formula is C92H108F2N14O14. The molecule has 0 bridgehead atoms. The van der Waals surface area contributed by atoms with Crippen LogP contribution in [0.5, 0.6) is 0 Å². The second-order valence-electron chi connectivity index (χ2n) is 34.0. The number of piperazine rings is 4. The molecule has 0 spiro atoms. The number of amides is 4. The summed E-state index contributed by atoms with van der Waals surface area (Å²) in [7, 11) is 0. The van der Waals surface area contributed by atoms with Crippen molar-refractivity contribution in [1.82, 2.24) is 40.0 Å². The van der Waals surface area contributed by atoms with Crippen LogP contribution in [-0.2, 0) is 36.5 Å². The largest absolute Gasteiger partial charge is 0.478 e. The van der Waals surface area contributed by atoms with Gasteiger partial charge in [-0.15, -0.1) is 0 Å². The molecule has 10 aromatic rings. The van der Waals surface area contributed by atoms with Crippen molar-refractivity contribution < 1.29 is 75.9 Å². The number of aromatic carboxylic acids is 1. The summed E-state index contributed by atoms with van der Waals surface area (Å²) in [5.74, 6) is -2.60. The van der Waals surface area contributed by atoms with E-state index in [1.165, 1.54) is 42.7 Å². The standard InChI is InChI=1S/C31H37FN4O5.C21H21FN4O.C21H27N3O4.C19H23N3O4/c1-30(2,3)40-28(38)34-26-17-23(32)9-7-21(26)16-27(37)22-15-20-8-10-24(18-25(20)33-19-22)35-11-13-36(14-12-35)29(39)41-31(4,5)6;22-17-3-1-14(19(23)11-17)10-21(27)16-9-15-2-4-18(12-20(15)25-13-16)26-7-5-24-6-8-26;1-5-27-19(25)16-12-15-6-7-17(13-18(15)22-14-16)23-8-10-24(11-9-23)20(26)28-21(2,3)4;1-19(2,3)26-18(25)22-8-6-21(7-9-22)15-5-4-13-10-14(17(23)24)12-20-16(13)11-15/h7-10,15,17-19H,11-14,16H2,1-6H3,(H,34,38);1-4,9,11-13,24H,5-8,10,23H2;6-7,12-14H,5,8-11H2,1-4H3;4-5,10-12H,6-9H2,1-3H3,(H,23,24). The van der Waals surface area contributed by atoms with Crippen LogP contribution in [0.25, 0.3) is 43.6 Å². The van der Waals surface area contributed by atoms with Crippen molar-refractivity contribution in [3.63, 3.8) is 0 Å². The number of pyridine rings is 4. The van der Waals surface area contributed by atoms with Crippen molar-refractivity contribution in [2.45, 2.75) is 125 Å². The molecule has 30 heteroatoms. The zero-order chi connectivity index (χ0) is 88.0. The number of aromatic nitrogens is 4. The van der Waals surface area contributed by atoms with Gasteiger partial charge in [0, 0.05) is 203 Å². The summed E-state index contributed by atoms with van der Waals surface area (Å²) in [6.45, 7) is 35.7. The first-order valence-electron chi connectivity index (χ1n) is 40.8. The number of fused-ring (bicyclic) bond motifs is 4. The Balaban J connectivity index is 0.000000162. The number of ketones is 2. The van der Waals surface area contributed by atoms with Crippen LogP contribution >= 0.6 is 0 Å². The number of anilines is 6. The maximum absolute atomic E-state index is 13.9. The molecule has 8 heterocycles. The third-order valence-electron chi connectivity index (χ3n) is 20.0. The lowest BCUT2D eigenvalue weighted by Crippen LogP contribution is -2.50. The molecule has 6 aromatic carbocycles. The number of nitrogens with one attached hydrogen (secondary N) is 2. The number of carbonyl (C=O) groups excluding carboxylic acids is 7. The molecular weight excluding hydrogens is 1560 g/mol. The van der Waals surface area contributed by atoms with E-state index in [9.17, 15) is 47.1 Å². The number of ether oxygens (including phenoxy) is 5. The summed E-state index contributed by atoms with van der Waals surface area (Å²) in [5, 5.41) is 18.4. The highest BCUT2D eigenvalue weighted by Crippen LogP contribution is 2.31.